The van der Waals surface area contributed by atoms with E-state index < -0.39 is 6.10 Å². The number of nitrogens with zero attached hydrogens (tertiary/aromatic N) is 2. The molecular formula is C12H19ClN2O2. The van der Waals surface area contributed by atoms with E-state index in [9.17, 15) is 5.11 Å². The zero-order valence-corrected chi connectivity index (χ0v) is 11.1. The van der Waals surface area contributed by atoms with Crippen LogP contribution in [0.25, 0.3) is 0 Å². The van der Waals surface area contributed by atoms with Crippen molar-refractivity contribution in [1.82, 2.24) is 9.78 Å². The molecule has 0 amide bonds. The topological polar surface area (TPSA) is 47.3 Å². The van der Waals surface area contributed by atoms with E-state index in [1.807, 2.05) is 14.0 Å². The summed E-state index contributed by atoms with van der Waals surface area (Å²) in [6, 6.07) is 0. The highest BCUT2D eigenvalue weighted by Crippen LogP contribution is 2.25. The molecule has 2 atom stereocenters. The van der Waals surface area contributed by atoms with Crippen molar-refractivity contribution in [2.75, 3.05) is 13.2 Å². The van der Waals surface area contributed by atoms with Crippen LogP contribution in [0.15, 0.2) is 0 Å². The molecule has 2 heterocycles. The number of halogens is 1. The van der Waals surface area contributed by atoms with E-state index >= 15 is 0 Å². The number of aromatic nitrogens is 2. The second-order valence-electron chi connectivity index (χ2n) is 4.73. The third-order valence-electron chi connectivity index (χ3n) is 3.42. The zero-order valence-electron chi connectivity index (χ0n) is 10.3. The summed E-state index contributed by atoms with van der Waals surface area (Å²) in [6.07, 6.45) is 2.22. The Kier molecular flexibility index (Phi) is 4.07. The molecule has 1 saturated heterocycles. The van der Waals surface area contributed by atoms with Crippen molar-refractivity contribution in [1.29, 1.82) is 0 Å². The molecule has 2 unspecified atom stereocenters. The van der Waals surface area contributed by atoms with Crippen molar-refractivity contribution < 1.29 is 9.84 Å². The van der Waals surface area contributed by atoms with Crippen LogP contribution in [0.2, 0.25) is 5.15 Å². The van der Waals surface area contributed by atoms with Gasteiger partial charge in [-0.2, -0.15) is 5.10 Å². The fourth-order valence-electron chi connectivity index (χ4n) is 2.35. The molecule has 0 bridgehead atoms. The van der Waals surface area contributed by atoms with Crippen LogP contribution in [0.4, 0.5) is 0 Å². The van der Waals surface area contributed by atoms with Crippen molar-refractivity contribution in [3.8, 4) is 0 Å². The maximum absolute atomic E-state index is 10.2. The SMILES string of the molecule is Cc1nn(C)c(Cl)c1CC(O)C1CCCOC1. The quantitative estimate of drug-likeness (QED) is 0.898. The lowest BCUT2D eigenvalue weighted by atomic mass is 9.92. The van der Waals surface area contributed by atoms with Gasteiger partial charge in [-0.1, -0.05) is 11.6 Å². The zero-order chi connectivity index (χ0) is 12.4. The molecule has 4 nitrogen and oxygen atoms in total. The van der Waals surface area contributed by atoms with Crippen molar-refractivity contribution in [2.45, 2.75) is 32.3 Å². The Balaban J connectivity index is 2.04. The van der Waals surface area contributed by atoms with Gasteiger partial charge in [0.2, 0.25) is 0 Å². The lowest BCUT2D eigenvalue weighted by molar-refractivity contribution is -0.00851. The Bertz CT molecular complexity index is 386. The number of rotatable bonds is 3. The number of hydrogen-bond donors (Lipinski definition) is 1. The fraction of sp³-hybridized carbons (Fsp3) is 0.750. The van der Waals surface area contributed by atoms with E-state index in [1.165, 1.54) is 0 Å². The first-order valence-corrected chi connectivity index (χ1v) is 6.41. The van der Waals surface area contributed by atoms with Crippen LogP contribution in [0.1, 0.15) is 24.1 Å². The van der Waals surface area contributed by atoms with Crippen LogP contribution in [-0.2, 0) is 18.2 Å². The number of aliphatic hydroxyl groups excluding tert-OH is 1. The summed E-state index contributed by atoms with van der Waals surface area (Å²) in [5.41, 5.74) is 1.85. The van der Waals surface area contributed by atoms with Gasteiger partial charge in [0.05, 0.1) is 18.4 Å². The van der Waals surface area contributed by atoms with Crippen molar-refractivity contribution in [2.24, 2.45) is 13.0 Å². The van der Waals surface area contributed by atoms with E-state index in [2.05, 4.69) is 5.10 Å². The van der Waals surface area contributed by atoms with Crippen LogP contribution < -0.4 is 0 Å². The van der Waals surface area contributed by atoms with Gasteiger partial charge in [0.15, 0.2) is 0 Å². The maximum Gasteiger partial charge on any atom is 0.130 e. The molecule has 0 aliphatic carbocycles. The second-order valence-corrected chi connectivity index (χ2v) is 5.09. The number of aliphatic hydroxyl groups is 1. The molecule has 17 heavy (non-hydrogen) atoms. The van der Waals surface area contributed by atoms with Crippen LogP contribution in [0.3, 0.4) is 0 Å². The lowest BCUT2D eigenvalue weighted by Crippen LogP contribution is -2.30. The minimum absolute atomic E-state index is 0.222. The van der Waals surface area contributed by atoms with Crippen LogP contribution in [-0.4, -0.2) is 34.2 Å². The highest BCUT2D eigenvalue weighted by Gasteiger charge is 2.25. The van der Waals surface area contributed by atoms with Crippen molar-refractivity contribution in [3.05, 3.63) is 16.4 Å². The van der Waals surface area contributed by atoms with Crippen molar-refractivity contribution in [3.63, 3.8) is 0 Å². The van der Waals surface area contributed by atoms with Gasteiger partial charge in [0.1, 0.15) is 5.15 Å². The van der Waals surface area contributed by atoms with E-state index in [4.69, 9.17) is 16.3 Å². The van der Waals surface area contributed by atoms with Crippen LogP contribution in [0, 0.1) is 12.8 Å². The van der Waals surface area contributed by atoms with Gasteiger partial charge in [-0.3, -0.25) is 4.68 Å². The molecule has 96 valence electrons. The number of ether oxygens (including phenoxy) is 1. The molecule has 0 aromatic carbocycles. The molecule has 1 aromatic rings. The minimum Gasteiger partial charge on any atom is -0.392 e. The average molecular weight is 259 g/mol. The number of hydrogen-bond acceptors (Lipinski definition) is 3. The second kappa shape index (κ2) is 5.38. The summed E-state index contributed by atoms with van der Waals surface area (Å²) in [5.74, 6) is 0.222. The molecule has 2 rings (SSSR count). The summed E-state index contributed by atoms with van der Waals surface area (Å²) in [5, 5.41) is 15.1. The Morgan fingerprint density at radius 1 is 1.65 bits per heavy atom. The lowest BCUT2D eigenvalue weighted by Gasteiger charge is -2.26. The van der Waals surface area contributed by atoms with E-state index in [0.717, 1.165) is 30.7 Å². The molecule has 0 spiro atoms. The molecule has 0 radical (unpaired) electrons. The summed E-state index contributed by atoms with van der Waals surface area (Å²) in [7, 11) is 1.81. The monoisotopic (exact) mass is 258 g/mol. The smallest absolute Gasteiger partial charge is 0.130 e. The van der Waals surface area contributed by atoms with Gasteiger partial charge < -0.3 is 9.84 Å². The normalized spacial score (nSPS) is 22.7. The molecule has 1 fully saturated rings. The molecule has 0 saturated carbocycles. The van der Waals surface area contributed by atoms with Gasteiger partial charge in [0, 0.05) is 31.6 Å². The Morgan fingerprint density at radius 2 is 2.41 bits per heavy atom. The summed E-state index contributed by atoms with van der Waals surface area (Å²) < 4.78 is 7.04. The van der Waals surface area contributed by atoms with Gasteiger partial charge in [-0.25, -0.2) is 0 Å². The molecular weight excluding hydrogens is 240 g/mol. The highest BCUT2D eigenvalue weighted by atomic mass is 35.5. The average Bonchev–Trinajstić information content (AvgIpc) is 2.57. The third-order valence-corrected chi connectivity index (χ3v) is 3.90. The van der Waals surface area contributed by atoms with Crippen LogP contribution >= 0.6 is 11.6 Å². The largest absolute Gasteiger partial charge is 0.392 e. The van der Waals surface area contributed by atoms with E-state index in [1.54, 1.807) is 4.68 Å². The first-order valence-electron chi connectivity index (χ1n) is 6.03. The predicted molar refractivity (Wildman–Crippen MR) is 66.2 cm³/mol. The third kappa shape index (κ3) is 2.81. The van der Waals surface area contributed by atoms with Gasteiger partial charge in [0.25, 0.3) is 0 Å². The first kappa shape index (κ1) is 12.9. The van der Waals surface area contributed by atoms with Crippen molar-refractivity contribution >= 4 is 11.6 Å². The standard InChI is InChI=1S/C12H19ClN2O2/c1-8-10(12(13)15(2)14-8)6-11(16)9-4-3-5-17-7-9/h9,11,16H,3-7H2,1-2H3. The molecule has 5 heteroatoms. The highest BCUT2D eigenvalue weighted by molar-refractivity contribution is 6.30. The Hall–Kier alpha value is -0.580. The minimum atomic E-state index is -0.393. The number of aryl methyl sites for hydroxylation is 2. The summed E-state index contributed by atoms with van der Waals surface area (Å²) >= 11 is 6.16. The van der Waals surface area contributed by atoms with Crippen LogP contribution in [0.5, 0.6) is 0 Å². The molecule has 1 aromatic heterocycles. The predicted octanol–water partition coefficient (Wildman–Crippen LogP) is 1.71. The Labute approximate surface area is 107 Å². The first-order chi connectivity index (χ1) is 8.09. The van der Waals surface area contributed by atoms with Gasteiger partial charge in [-0.05, 0) is 19.8 Å². The van der Waals surface area contributed by atoms with E-state index in [-0.39, 0.29) is 5.92 Å². The van der Waals surface area contributed by atoms with Gasteiger partial charge in [-0.15, -0.1) is 0 Å². The molecule has 1 N–H and O–H groups in total. The Morgan fingerprint density at radius 3 is 2.94 bits per heavy atom. The van der Waals surface area contributed by atoms with Gasteiger partial charge >= 0.3 is 0 Å². The summed E-state index contributed by atoms with van der Waals surface area (Å²) in [6.45, 7) is 3.39. The van der Waals surface area contributed by atoms with E-state index in [0.29, 0.717) is 18.2 Å². The molecule has 1 aliphatic rings. The maximum atomic E-state index is 10.2. The fourth-order valence-corrected chi connectivity index (χ4v) is 2.60. The summed E-state index contributed by atoms with van der Waals surface area (Å²) in [4.78, 5) is 0. The molecule has 1 aliphatic heterocycles.